The summed E-state index contributed by atoms with van der Waals surface area (Å²) in [5.74, 6) is 0.734. The van der Waals surface area contributed by atoms with Gasteiger partial charge in [-0.3, -0.25) is 9.59 Å². The highest BCUT2D eigenvalue weighted by atomic mass is 32.2. The average molecular weight is 424 g/mol. The summed E-state index contributed by atoms with van der Waals surface area (Å²) >= 11 is 2.82. The normalized spacial score (nSPS) is 11.9. The van der Waals surface area contributed by atoms with Gasteiger partial charge in [-0.05, 0) is 47.7 Å². The number of hydrogen-bond donors (Lipinski definition) is 0. The SMILES string of the molecule is COc1ccc(Cc2nn3c(=O)/c(=C\c4ccc(SC)cc4)sc3nc2=O)cc1. The fraction of sp³-hybridized carbons (Fsp3) is 0.143. The number of fused-ring (bicyclic) bond motifs is 1. The Morgan fingerprint density at radius 1 is 1.10 bits per heavy atom. The summed E-state index contributed by atoms with van der Waals surface area (Å²) in [6.07, 6.45) is 4.10. The van der Waals surface area contributed by atoms with Gasteiger partial charge in [0.2, 0.25) is 4.96 Å². The molecule has 4 rings (SSSR count). The van der Waals surface area contributed by atoms with Crippen LogP contribution in [0.2, 0.25) is 0 Å². The van der Waals surface area contributed by atoms with E-state index in [-0.39, 0.29) is 11.3 Å². The standard InChI is InChI=1S/C21H17N3O3S2/c1-27-15-7-3-13(4-8-15)11-17-19(25)22-21-24(23-17)20(26)18(29-21)12-14-5-9-16(28-2)10-6-14/h3-10,12H,11H2,1-2H3/b18-12+. The first-order valence-electron chi connectivity index (χ1n) is 8.79. The molecule has 29 heavy (non-hydrogen) atoms. The number of rotatable bonds is 5. The molecule has 6 nitrogen and oxygen atoms in total. The van der Waals surface area contributed by atoms with E-state index in [9.17, 15) is 9.59 Å². The van der Waals surface area contributed by atoms with Crippen molar-refractivity contribution in [3.63, 3.8) is 0 Å². The Balaban J connectivity index is 1.73. The summed E-state index contributed by atoms with van der Waals surface area (Å²) in [6.45, 7) is 0. The maximum absolute atomic E-state index is 12.8. The fourth-order valence-corrected chi connectivity index (χ4v) is 4.15. The zero-order chi connectivity index (χ0) is 20.4. The molecule has 0 bridgehead atoms. The number of thiazole rings is 1. The fourth-order valence-electron chi connectivity index (χ4n) is 2.84. The van der Waals surface area contributed by atoms with Gasteiger partial charge in [0, 0.05) is 11.3 Å². The van der Waals surface area contributed by atoms with E-state index in [0.29, 0.717) is 15.9 Å². The van der Waals surface area contributed by atoms with E-state index in [0.717, 1.165) is 33.1 Å². The Bertz CT molecular complexity index is 1330. The quantitative estimate of drug-likeness (QED) is 0.459. The second kappa shape index (κ2) is 8.18. The summed E-state index contributed by atoms with van der Waals surface area (Å²) in [5.41, 5.74) is 1.34. The molecule has 2 heterocycles. The van der Waals surface area contributed by atoms with Crippen molar-refractivity contribution in [2.75, 3.05) is 13.4 Å². The molecule has 2 aromatic heterocycles. The van der Waals surface area contributed by atoms with E-state index < -0.39 is 5.56 Å². The van der Waals surface area contributed by atoms with Gasteiger partial charge in [-0.15, -0.1) is 11.8 Å². The lowest BCUT2D eigenvalue weighted by Gasteiger charge is -2.02. The molecule has 0 amide bonds. The van der Waals surface area contributed by atoms with Crippen molar-refractivity contribution < 1.29 is 4.74 Å². The van der Waals surface area contributed by atoms with Gasteiger partial charge in [0.1, 0.15) is 11.4 Å². The summed E-state index contributed by atoms with van der Waals surface area (Å²) < 4.78 is 6.85. The molecule has 0 spiro atoms. The van der Waals surface area contributed by atoms with Crippen LogP contribution in [0.1, 0.15) is 16.8 Å². The van der Waals surface area contributed by atoms with E-state index in [4.69, 9.17) is 4.74 Å². The van der Waals surface area contributed by atoms with Gasteiger partial charge in [-0.1, -0.05) is 35.6 Å². The third-order valence-electron chi connectivity index (χ3n) is 4.39. The molecule has 0 radical (unpaired) electrons. The molecule has 4 aromatic rings. The minimum Gasteiger partial charge on any atom is -0.497 e. The van der Waals surface area contributed by atoms with Crippen LogP contribution in [0, 0.1) is 0 Å². The van der Waals surface area contributed by atoms with Crippen LogP contribution in [-0.4, -0.2) is 28.0 Å². The molecule has 0 unspecified atom stereocenters. The molecule has 0 aliphatic rings. The minimum atomic E-state index is -0.419. The molecule has 2 aromatic carbocycles. The van der Waals surface area contributed by atoms with Crippen molar-refractivity contribution in [2.45, 2.75) is 11.3 Å². The zero-order valence-electron chi connectivity index (χ0n) is 15.8. The number of hydrogen-bond acceptors (Lipinski definition) is 7. The number of ether oxygens (including phenoxy) is 1. The predicted molar refractivity (Wildman–Crippen MR) is 116 cm³/mol. The van der Waals surface area contributed by atoms with Crippen LogP contribution >= 0.6 is 23.1 Å². The second-order valence-corrected chi connectivity index (χ2v) is 8.16. The van der Waals surface area contributed by atoms with Crippen molar-refractivity contribution in [3.05, 3.63) is 90.6 Å². The lowest BCUT2D eigenvalue weighted by atomic mass is 10.1. The largest absolute Gasteiger partial charge is 0.497 e. The summed E-state index contributed by atoms with van der Waals surface area (Å²) in [4.78, 5) is 30.7. The van der Waals surface area contributed by atoms with Gasteiger partial charge < -0.3 is 4.74 Å². The average Bonchev–Trinajstić information content (AvgIpc) is 3.04. The summed E-state index contributed by atoms with van der Waals surface area (Å²) in [6, 6.07) is 15.3. The molecule has 0 fully saturated rings. The first kappa shape index (κ1) is 19.4. The highest BCUT2D eigenvalue weighted by Crippen LogP contribution is 2.15. The van der Waals surface area contributed by atoms with E-state index in [1.165, 1.54) is 4.52 Å². The molecule has 0 atom stereocenters. The van der Waals surface area contributed by atoms with Crippen molar-refractivity contribution in [1.29, 1.82) is 0 Å². The molecule has 8 heteroatoms. The molecule has 146 valence electrons. The smallest absolute Gasteiger partial charge is 0.296 e. The number of aromatic nitrogens is 3. The minimum absolute atomic E-state index is 0.235. The molecule has 0 saturated heterocycles. The number of methoxy groups -OCH3 is 1. The van der Waals surface area contributed by atoms with Crippen molar-refractivity contribution in [1.82, 2.24) is 14.6 Å². The van der Waals surface area contributed by atoms with Crippen LogP contribution in [0.4, 0.5) is 0 Å². The number of nitrogens with zero attached hydrogens (tertiary/aromatic N) is 3. The van der Waals surface area contributed by atoms with Gasteiger partial charge in [0.25, 0.3) is 11.1 Å². The van der Waals surface area contributed by atoms with Gasteiger partial charge >= 0.3 is 0 Å². The van der Waals surface area contributed by atoms with Crippen molar-refractivity contribution in [2.24, 2.45) is 0 Å². The summed E-state index contributed by atoms with van der Waals surface area (Å²) in [5, 5.41) is 4.29. The topological polar surface area (TPSA) is 73.6 Å². The van der Waals surface area contributed by atoms with Crippen LogP contribution in [-0.2, 0) is 6.42 Å². The van der Waals surface area contributed by atoms with Crippen LogP contribution in [0.3, 0.4) is 0 Å². The molecule has 0 saturated carbocycles. The Morgan fingerprint density at radius 2 is 1.83 bits per heavy atom. The van der Waals surface area contributed by atoms with Crippen LogP contribution in [0.5, 0.6) is 5.75 Å². The monoisotopic (exact) mass is 423 g/mol. The van der Waals surface area contributed by atoms with E-state index in [1.807, 2.05) is 54.8 Å². The lowest BCUT2D eigenvalue weighted by Crippen LogP contribution is -2.28. The first-order valence-corrected chi connectivity index (χ1v) is 10.8. The predicted octanol–water partition coefficient (Wildman–Crippen LogP) is 2.38. The van der Waals surface area contributed by atoms with E-state index >= 15 is 0 Å². The molecule has 0 N–H and O–H groups in total. The third kappa shape index (κ3) is 4.08. The van der Waals surface area contributed by atoms with E-state index in [2.05, 4.69) is 10.1 Å². The first-order chi connectivity index (χ1) is 14.1. The highest BCUT2D eigenvalue weighted by molar-refractivity contribution is 7.98. The summed E-state index contributed by atoms with van der Waals surface area (Å²) in [7, 11) is 1.60. The van der Waals surface area contributed by atoms with Gasteiger partial charge in [-0.2, -0.15) is 14.6 Å². The Labute approximate surface area is 174 Å². The molecule has 0 aliphatic carbocycles. The Hall–Kier alpha value is -2.97. The lowest BCUT2D eigenvalue weighted by molar-refractivity contribution is 0.414. The highest BCUT2D eigenvalue weighted by Gasteiger charge is 2.12. The second-order valence-electron chi connectivity index (χ2n) is 6.27. The molecular weight excluding hydrogens is 406 g/mol. The Kier molecular flexibility index (Phi) is 5.46. The molecule has 0 aliphatic heterocycles. The zero-order valence-corrected chi connectivity index (χ0v) is 17.4. The van der Waals surface area contributed by atoms with Gasteiger partial charge in [0.15, 0.2) is 0 Å². The third-order valence-corrected chi connectivity index (χ3v) is 6.10. The van der Waals surface area contributed by atoms with Crippen molar-refractivity contribution >= 4 is 34.1 Å². The Morgan fingerprint density at radius 3 is 2.48 bits per heavy atom. The number of benzene rings is 2. The number of thioether (sulfide) groups is 1. The van der Waals surface area contributed by atoms with E-state index in [1.54, 1.807) is 24.9 Å². The van der Waals surface area contributed by atoms with Gasteiger partial charge in [-0.25, -0.2) is 0 Å². The maximum atomic E-state index is 12.8. The molecular formula is C21H17N3O3S2. The maximum Gasteiger partial charge on any atom is 0.296 e. The van der Waals surface area contributed by atoms with Crippen LogP contribution in [0.25, 0.3) is 11.0 Å². The van der Waals surface area contributed by atoms with Gasteiger partial charge in [0.05, 0.1) is 11.6 Å². The van der Waals surface area contributed by atoms with Crippen LogP contribution < -0.4 is 20.4 Å². The van der Waals surface area contributed by atoms with Crippen LogP contribution in [0.15, 0.2) is 63.0 Å². The van der Waals surface area contributed by atoms with Crippen molar-refractivity contribution in [3.8, 4) is 5.75 Å².